The normalized spacial score (nSPS) is 12.8. The minimum absolute atomic E-state index is 0. The number of allylic oxidation sites excluding steroid dienone is 6. The van der Waals surface area contributed by atoms with Crippen molar-refractivity contribution in [2.75, 3.05) is 0 Å². The summed E-state index contributed by atoms with van der Waals surface area (Å²) in [6, 6.07) is 45.0. The van der Waals surface area contributed by atoms with Gasteiger partial charge in [0.1, 0.15) is 0 Å². The number of hydrogen-bond acceptors (Lipinski definition) is 4. The maximum Gasteiger partial charge on any atom is 0 e. The molecule has 6 rings (SSSR count). The molecule has 0 bridgehead atoms. The maximum atomic E-state index is 7.50. The van der Waals surface area contributed by atoms with Gasteiger partial charge in [-0.25, -0.2) is 0 Å². The van der Waals surface area contributed by atoms with Gasteiger partial charge in [0.15, 0.2) is 0 Å². The largest absolute Gasteiger partial charge is 0 e. The van der Waals surface area contributed by atoms with Crippen LogP contribution in [-0.2, 0) is 39.7 Å². The van der Waals surface area contributed by atoms with Crippen LogP contribution in [0, 0.1) is 26.6 Å². The zero-order chi connectivity index (χ0) is 37.1. The van der Waals surface area contributed by atoms with Crippen molar-refractivity contribution in [3.8, 4) is 0 Å². The van der Waals surface area contributed by atoms with E-state index in [9.17, 15) is 0 Å². The molecule has 0 aliphatic carbocycles. The Balaban J connectivity index is 0.00000135. The first kappa shape index (κ1) is 46.8. The molecule has 0 radical (unpaired) electrons. The first-order valence-corrected chi connectivity index (χ1v) is 20.6. The summed E-state index contributed by atoms with van der Waals surface area (Å²) in [7, 11) is -1.67. The van der Waals surface area contributed by atoms with Gasteiger partial charge in [-0.15, -0.1) is 0 Å². The zero-order valence-electron chi connectivity index (χ0n) is 28.1. The molecule has 0 saturated carbocycles. The van der Waals surface area contributed by atoms with Gasteiger partial charge in [-0.05, 0) is 84.4 Å². The molecule has 256 valence electrons. The summed E-state index contributed by atoms with van der Waals surface area (Å²) in [6.45, 7) is 27.1. The van der Waals surface area contributed by atoms with Crippen LogP contribution in [-0.4, -0.2) is 0 Å². The van der Waals surface area contributed by atoms with E-state index >= 15 is 0 Å². The summed E-state index contributed by atoms with van der Waals surface area (Å²) < 4.78 is 32.9. The fourth-order valence-corrected chi connectivity index (χ4v) is 16.7. The van der Waals surface area contributed by atoms with Gasteiger partial charge in [0, 0.05) is 31.7 Å². The molecule has 0 aromatic heterocycles. The fourth-order valence-electron chi connectivity index (χ4n) is 4.79. The third kappa shape index (κ3) is 12.4. The molecule has 0 spiro atoms. The van der Waals surface area contributed by atoms with Gasteiger partial charge in [-0.1, -0.05) is 168 Å². The van der Waals surface area contributed by atoms with Gasteiger partial charge in [0.2, 0.25) is 0 Å². The van der Waals surface area contributed by atoms with Crippen LogP contribution in [0.1, 0.15) is 27.7 Å². The smallest absolute Gasteiger partial charge is 0 e. The van der Waals surface area contributed by atoms with Crippen LogP contribution >= 0.6 is 62.9 Å². The van der Waals surface area contributed by atoms with Crippen molar-refractivity contribution < 1.29 is 39.7 Å². The predicted molar refractivity (Wildman–Crippen MR) is 215 cm³/mol. The minimum atomic E-state index is -0.836. The van der Waals surface area contributed by atoms with E-state index in [-0.39, 0.29) is 21.1 Å². The molecule has 51 heavy (non-hydrogen) atoms. The Morgan fingerprint density at radius 1 is 0.373 bits per heavy atom. The molecule has 4 nitrogen and oxygen atoms in total. The zero-order valence-corrected chi connectivity index (χ0v) is 35.2. The summed E-state index contributed by atoms with van der Waals surface area (Å²) in [6.07, 6.45) is 0. The molecule has 4 aromatic carbocycles. The van der Waals surface area contributed by atoms with Crippen molar-refractivity contribution in [3.05, 3.63) is 187 Å². The van der Waals surface area contributed by atoms with Gasteiger partial charge in [0.25, 0.3) is 0 Å². The summed E-state index contributed by atoms with van der Waals surface area (Å²) in [5.41, 5.74) is 0. The number of benzene rings is 4. The molecule has 0 fully saturated rings. The quantitative estimate of drug-likeness (QED) is 0.0802. The van der Waals surface area contributed by atoms with E-state index in [1.807, 2.05) is 47.0 Å². The molecule has 0 amide bonds. The SMILES string of the molecule is CC1=C(C)SC(=C(C(=C2SC(C)=C(C)S2)P(c2ccccc2)c2ccccc2)P(c2ccccc2)c2ccccc2)S1.[C-]#[O+].[C-]#[O+].[C-]#[O+].[C-]#[O+].[Mo]. The van der Waals surface area contributed by atoms with Crippen LogP contribution in [0.3, 0.4) is 0 Å². The van der Waals surface area contributed by atoms with Crippen molar-refractivity contribution in [2.24, 2.45) is 0 Å². The summed E-state index contributed by atoms with van der Waals surface area (Å²) in [4.78, 5) is 5.64. The van der Waals surface area contributed by atoms with E-state index in [1.54, 1.807) is 0 Å². The van der Waals surface area contributed by atoms with Gasteiger partial charge in [-0.2, -0.15) is 0 Å². The number of hydrogen-bond donors (Lipinski definition) is 0. The Kier molecular flexibility index (Phi) is 23.5. The second-order valence-electron chi connectivity index (χ2n) is 9.92. The van der Waals surface area contributed by atoms with Crippen LogP contribution in [0.15, 0.2) is 160 Å². The van der Waals surface area contributed by atoms with Crippen molar-refractivity contribution in [1.82, 2.24) is 0 Å². The minimum Gasteiger partial charge on any atom is 0 e. The molecule has 2 heterocycles. The Hall–Kier alpha value is -2.25. The van der Waals surface area contributed by atoms with E-state index in [0.717, 1.165) is 0 Å². The van der Waals surface area contributed by atoms with Crippen molar-refractivity contribution in [2.45, 2.75) is 27.7 Å². The molecule has 11 heteroatoms. The third-order valence-electron chi connectivity index (χ3n) is 7.09. The van der Waals surface area contributed by atoms with Crippen LogP contribution in [0.25, 0.3) is 0 Å². The molecule has 0 saturated heterocycles. The Labute approximate surface area is 335 Å². The van der Waals surface area contributed by atoms with E-state index < -0.39 is 15.8 Å². The maximum absolute atomic E-state index is 7.50. The molecular formula is C40H32MoO4P2S4. The summed E-state index contributed by atoms with van der Waals surface area (Å²) in [5.74, 6) is 0. The fraction of sp³-hybridized carbons (Fsp3) is 0.100. The van der Waals surface area contributed by atoms with Crippen molar-refractivity contribution in [1.29, 1.82) is 0 Å². The summed E-state index contributed by atoms with van der Waals surface area (Å²) in [5, 5.41) is 8.62. The van der Waals surface area contributed by atoms with E-state index in [1.165, 1.54) is 59.9 Å². The van der Waals surface area contributed by atoms with Gasteiger partial charge in [0.05, 0.1) is 8.47 Å². The van der Waals surface area contributed by atoms with Crippen LogP contribution in [0.4, 0.5) is 0 Å². The molecule has 4 aromatic rings. The number of thioether (sulfide) groups is 4. The Morgan fingerprint density at radius 3 is 0.725 bits per heavy atom. The first-order valence-electron chi connectivity index (χ1n) is 14.7. The van der Waals surface area contributed by atoms with Crippen molar-refractivity contribution in [3.63, 3.8) is 0 Å². The predicted octanol–water partition coefficient (Wildman–Crippen LogP) is 10.9. The van der Waals surface area contributed by atoms with Crippen LogP contribution in [0.5, 0.6) is 0 Å². The molecule has 0 atom stereocenters. The number of rotatable bonds is 7. The van der Waals surface area contributed by atoms with E-state index in [0.29, 0.717) is 0 Å². The van der Waals surface area contributed by atoms with E-state index in [2.05, 4.69) is 176 Å². The third-order valence-corrected chi connectivity index (χ3v) is 18.2. The van der Waals surface area contributed by atoms with Crippen molar-refractivity contribution >= 4 is 84.1 Å². The van der Waals surface area contributed by atoms with Gasteiger partial charge in [-0.3, -0.25) is 0 Å². The summed E-state index contributed by atoms with van der Waals surface area (Å²) >= 11 is 7.91. The molecule has 0 N–H and O–H groups in total. The van der Waals surface area contributed by atoms with Gasteiger partial charge < -0.3 is 0 Å². The molecule has 2 aliphatic rings. The monoisotopic (exact) mass is 864 g/mol. The van der Waals surface area contributed by atoms with Crippen LogP contribution < -0.4 is 21.2 Å². The van der Waals surface area contributed by atoms with Gasteiger partial charge >= 0.3 is 45.2 Å². The molecule has 0 unspecified atom stereocenters. The average molecular weight is 863 g/mol. The molecular weight excluding hydrogens is 831 g/mol. The first-order chi connectivity index (χ1) is 24.5. The average Bonchev–Trinajstić information content (AvgIpc) is 3.72. The Bertz CT molecular complexity index is 1640. The van der Waals surface area contributed by atoms with E-state index in [4.69, 9.17) is 18.6 Å². The topological polar surface area (TPSA) is 79.6 Å². The Morgan fingerprint density at radius 2 is 0.549 bits per heavy atom. The second kappa shape index (κ2) is 25.7. The molecule has 2 aliphatic heterocycles. The second-order valence-corrected chi connectivity index (χ2v) is 19.6. The van der Waals surface area contributed by atoms with Crippen LogP contribution in [0.2, 0.25) is 0 Å². The standard InChI is InChI=1S/C36H32P2S4.4CO.Mo/c1-25-26(2)40-35(39-25)33(37(29-17-9-5-10-18-29)30-19-11-6-12-20-30)34(36-41-27(3)28(4)42-36)38(31-21-13-7-14-22-31)32-23-15-8-16-24-32;4*1-2;/h5-24H,1-4H3;;;;;.